The summed E-state index contributed by atoms with van der Waals surface area (Å²) in [6, 6.07) is 3.18. The molecule has 0 fully saturated rings. The van der Waals surface area contributed by atoms with E-state index in [0.29, 0.717) is 5.56 Å². The number of halogens is 4. The van der Waals surface area contributed by atoms with E-state index in [0.717, 1.165) is 12.1 Å². The van der Waals surface area contributed by atoms with Crippen LogP contribution in [0.3, 0.4) is 0 Å². The summed E-state index contributed by atoms with van der Waals surface area (Å²) in [5.41, 5.74) is -0.265. The second kappa shape index (κ2) is 5.20. The minimum absolute atomic E-state index is 0.00632. The monoisotopic (exact) mass is 300 g/mol. The lowest BCUT2D eigenvalue weighted by atomic mass is 10.1. The molecule has 0 unspecified atom stereocenters. The Morgan fingerprint density at radius 2 is 1.70 bits per heavy atom. The molecule has 1 heterocycles. The van der Waals surface area contributed by atoms with Crippen molar-refractivity contribution < 1.29 is 18.0 Å². The molecule has 0 amide bonds. The predicted octanol–water partition coefficient (Wildman–Crippen LogP) is 4.02. The lowest BCUT2D eigenvalue weighted by molar-refractivity contribution is -0.137. The van der Waals surface area contributed by atoms with Crippen LogP contribution in [0.5, 0.6) is 0 Å². The van der Waals surface area contributed by atoms with Crippen LogP contribution < -0.4 is 0 Å². The molecule has 0 bridgehead atoms. The number of rotatable bonds is 2. The molecule has 20 heavy (non-hydrogen) atoms. The highest BCUT2D eigenvalue weighted by Gasteiger charge is 2.31. The van der Waals surface area contributed by atoms with Crippen molar-refractivity contribution in [3.8, 4) is 11.1 Å². The van der Waals surface area contributed by atoms with Crippen LogP contribution in [0.2, 0.25) is 5.02 Å². The van der Waals surface area contributed by atoms with Crippen LogP contribution in [0.25, 0.3) is 11.1 Å². The summed E-state index contributed by atoms with van der Waals surface area (Å²) in [6.07, 6.45) is -1.91. The fourth-order valence-corrected chi connectivity index (χ4v) is 1.81. The van der Waals surface area contributed by atoms with Crippen molar-refractivity contribution in [2.24, 2.45) is 0 Å². The Kier molecular flexibility index (Phi) is 3.76. The molecule has 3 nitrogen and oxygen atoms in total. The topological polar surface area (TPSA) is 42.9 Å². The van der Waals surface area contributed by atoms with E-state index >= 15 is 0 Å². The first-order valence-electron chi connectivity index (χ1n) is 5.48. The van der Waals surface area contributed by atoms with Gasteiger partial charge in [-0.05, 0) is 23.8 Å². The van der Waals surface area contributed by atoms with Gasteiger partial charge in [-0.1, -0.05) is 11.6 Å². The summed E-state index contributed by atoms with van der Waals surface area (Å²) < 4.78 is 38.1. The first-order chi connectivity index (χ1) is 9.27. The van der Waals surface area contributed by atoms with Gasteiger partial charge in [0.05, 0.1) is 5.56 Å². The largest absolute Gasteiger partial charge is 0.416 e. The number of carbonyl (C=O) groups is 1. The van der Waals surface area contributed by atoms with Gasteiger partial charge in [-0.3, -0.25) is 4.79 Å². The molecule has 0 aliphatic carbocycles. The Morgan fingerprint density at radius 1 is 1.10 bits per heavy atom. The van der Waals surface area contributed by atoms with Crippen molar-refractivity contribution >= 4 is 17.4 Å². The molecule has 0 atom stereocenters. The second-order valence-corrected chi connectivity index (χ2v) is 4.51. The molecule has 0 aliphatic heterocycles. The van der Waals surface area contributed by atoms with Crippen LogP contribution in [0.1, 0.15) is 23.1 Å². The van der Waals surface area contributed by atoms with E-state index in [4.69, 9.17) is 11.6 Å². The van der Waals surface area contributed by atoms with Crippen molar-refractivity contribution in [1.82, 2.24) is 9.97 Å². The number of hydrogen-bond donors (Lipinski definition) is 0. The maximum absolute atomic E-state index is 12.7. The highest BCUT2D eigenvalue weighted by molar-refractivity contribution is 6.31. The standard InChI is InChI=1S/C13H8ClF3N2O/c1-7(20)12-18-5-9(6-19-12)8-2-10(13(15,16)17)4-11(14)3-8/h2-6H,1H3. The number of ketones is 1. The molecule has 2 rings (SSSR count). The molecular weight excluding hydrogens is 293 g/mol. The van der Waals surface area contributed by atoms with Crippen LogP contribution in [-0.4, -0.2) is 15.8 Å². The van der Waals surface area contributed by atoms with Crippen molar-refractivity contribution in [1.29, 1.82) is 0 Å². The third-order valence-electron chi connectivity index (χ3n) is 2.53. The van der Waals surface area contributed by atoms with Gasteiger partial charge in [-0.25, -0.2) is 9.97 Å². The molecule has 0 saturated carbocycles. The first kappa shape index (κ1) is 14.5. The number of nitrogens with zero attached hydrogens (tertiary/aromatic N) is 2. The fourth-order valence-electron chi connectivity index (χ4n) is 1.58. The quantitative estimate of drug-likeness (QED) is 0.787. The van der Waals surface area contributed by atoms with Gasteiger partial charge in [0.15, 0.2) is 11.6 Å². The minimum atomic E-state index is -4.49. The Labute approximate surface area is 117 Å². The average Bonchev–Trinajstić information content (AvgIpc) is 2.37. The Bertz CT molecular complexity index is 654. The van der Waals surface area contributed by atoms with E-state index < -0.39 is 11.7 Å². The second-order valence-electron chi connectivity index (χ2n) is 4.08. The summed E-state index contributed by atoms with van der Waals surface area (Å²) in [7, 11) is 0. The van der Waals surface area contributed by atoms with Gasteiger partial charge in [0.1, 0.15) is 0 Å². The Morgan fingerprint density at radius 3 is 2.20 bits per heavy atom. The summed E-state index contributed by atoms with van der Waals surface area (Å²) in [5.74, 6) is -0.314. The van der Waals surface area contributed by atoms with Gasteiger partial charge >= 0.3 is 6.18 Å². The Hall–Kier alpha value is -1.95. The molecule has 0 spiro atoms. The lowest BCUT2D eigenvalue weighted by Crippen LogP contribution is -2.05. The molecule has 0 aliphatic rings. The van der Waals surface area contributed by atoms with Crippen molar-refractivity contribution in [2.75, 3.05) is 0 Å². The van der Waals surface area contributed by atoms with E-state index in [-0.39, 0.29) is 22.2 Å². The molecule has 7 heteroatoms. The zero-order valence-electron chi connectivity index (χ0n) is 10.2. The van der Waals surface area contributed by atoms with Crippen LogP contribution >= 0.6 is 11.6 Å². The van der Waals surface area contributed by atoms with Crippen LogP contribution in [-0.2, 0) is 6.18 Å². The van der Waals surface area contributed by atoms with E-state index in [2.05, 4.69) is 9.97 Å². The van der Waals surface area contributed by atoms with Gasteiger partial charge < -0.3 is 0 Å². The highest BCUT2D eigenvalue weighted by Crippen LogP contribution is 2.34. The molecular formula is C13H8ClF3N2O. The molecule has 104 valence electrons. The Balaban J connectivity index is 2.47. The smallest absolute Gasteiger partial charge is 0.291 e. The minimum Gasteiger partial charge on any atom is -0.291 e. The number of hydrogen-bond acceptors (Lipinski definition) is 3. The molecule has 0 saturated heterocycles. The third kappa shape index (κ3) is 3.14. The molecule has 1 aromatic heterocycles. The van der Waals surface area contributed by atoms with E-state index in [1.165, 1.54) is 25.4 Å². The van der Waals surface area contributed by atoms with Gasteiger partial charge in [0.25, 0.3) is 0 Å². The fraction of sp³-hybridized carbons (Fsp3) is 0.154. The normalized spacial score (nSPS) is 11.4. The number of aromatic nitrogens is 2. The van der Waals surface area contributed by atoms with Crippen LogP contribution in [0.4, 0.5) is 13.2 Å². The van der Waals surface area contributed by atoms with Gasteiger partial charge in [0, 0.05) is 29.9 Å². The molecule has 1 aromatic carbocycles. The number of carbonyl (C=O) groups excluding carboxylic acids is 1. The summed E-state index contributed by atoms with van der Waals surface area (Å²) >= 11 is 5.69. The zero-order valence-corrected chi connectivity index (χ0v) is 11.0. The summed E-state index contributed by atoms with van der Waals surface area (Å²) in [5, 5.41) is -0.0366. The lowest BCUT2D eigenvalue weighted by Gasteiger charge is -2.09. The van der Waals surface area contributed by atoms with Gasteiger partial charge in [0.2, 0.25) is 0 Å². The average molecular weight is 301 g/mol. The number of benzene rings is 1. The molecule has 0 radical (unpaired) electrons. The number of alkyl halides is 3. The predicted molar refractivity (Wildman–Crippen MR) is 67.5 cm³/mol. The maximum atomic E-state index is 12.7. The van der Waals surface area contributed by atoms with E-state index in [1.54, 1.807) is 0 Å². The highest BCUT2D eigenvalue weighted by atomic mass is 35.5. The number of Topliss-reactive ketones (excluding diaryl/α,β-unsaturated/α-hetero) is 1. The van der Waals surface area contributed by atoms with Crippen molar-refractivity contribution in [2.45, 2.75) is 13.1 Å². The maximum Gasteiger partial charge on any atom is 0.416 e. The van der Waals surface area contributed by atoms with Crippen molar-refractivity contribution in [3.63, 3.8) is 0 Å². The van der Waals surface area contributed by atoms with Crippen LogP contribution in [0.15, 0.2) is 30.6 Å². The van der Waals surface area contributed by atoms with Gasteiger partial charge in [-0.2, -0.15) is 13.2 Å². The summed E-state index contributed by atoms with van der Waals surface area (Å²) in [6.45, 7) is 1.30. The van der Waals surface area contributed by atoms with E-state index in [1.807, 2.05) is 0 Å². The first-order valence-corrected chi connectivity index (χ1v) is 5.86. The SMILES string of the molecule is CC(=O)c1ncc(-c2cc(Cl)cc(C(F)(F)F)c2)cn1. The van der Waals surface area contributed by atoms with E-state index in [9.17, 15) is 18.0 Å². The zero-order chi connectivity index (χ0) is 14.9. The molecule has 0 N–H and O–H groups in total. The third-order valence-corrected chi connectivity index (χ3v) is 2.74. The van der Waals surface area contributed by atoms with Gasteiger partial charge in [-0.15, -0.1) is 0 Å². The summed E-state index contributed by atoms with van der Waals surface area (Å²) in [4.78, 5) is 18.6. The van der Waals surface area contributed by atoms with Crippen LogP contribution in [0, 0.1) is 0 Å². The van der Waals surface area contributed by atoms with Crippen molar-refractivity contribution in [3.05, 3.63) is 47.0 Å². The molecule has 2 aromatic rings.